The summed E-state index contributed by atoms with van der Waals surface area (Å²) in [5.74, 6) is -1.05. The number of aromatic nitrogens is 3. The van der Waals surface area contributed by atoms with Crippen LogP contribution in [-0.2, 0) is 9.53 Å². The fourth-order valence-corrected chi connectivity index (χ4v) is 2.39. The summed E-state index contributed by atoms with van der Waals surface area (Å²) >= 11 is 0. The van der Waals surface area contributed by atoms with Crippen molar-refractivity contribution in [3.8, 4) is 0 Å². The molecule has 0 aliphatic heterocycles. The summed E-state index contributed by atoms with van der Waals surface area (Å²) in [6.07, 6.45) is 3.71. The lowest BCUT2D eigenvalue weighted by Crippen LogP contribution is -2.21. The van der Waals surface area contributed by atoms with Crippen LogP contribution in [0.2, 0.25) is 0 Å². The molecule has 0 bridgehead atoms. The largest absolute Gasteiger partial charge is 0.465 e. The van der Waals surface area contributed by atoms with Gasteiger partial charge in [0.05, 0.1) is 6.61 Å². The molecule has 0 saturated heterocycles. The van der Waals surface area contributed by atoms with Crippen LogP contribution in [-0.4, -0.2) is 27.3 Å². The van der Waals surface area contributed by atoms with E-state index in [0.717, 1.165) is 12.8 Å². The first-order valence-electron chi connectivity index (χ1n) is 7.02. The molecule has 3 rings (SSSR count). The smallest absolute Gasteiger partial charge is 0.321 e. The normalized spacial score (nSPS) is 15.7. The van der Waals surface area contributed by atoms with Gasteiger partial charge in [0, 0.05) is 6.04 Å². The van der Waals surface area contributed by atoms with Gasteiger partial charge in [-0.1, -0.05) is 12.1 Å². The molecule has 6 heteroatoms. The van der Waals surface area contributed by atoms with E-state index in [1.165, 1.54) is 12.1 Å². The first kappa shape index (κ1) is 13.7. The highest BCUT2D eigenvalue weighted by Gasteiger charge is 2.34. The third kappa shape index (κ3) is 2.79. The van der Waals surface area contributed by atoms with Crippen LogP contribution < -0.4 is 0 Å². The summed E-state index contributed by atoms with van der Waals surface area (Å²) in [7, 11) is 0. The Bertz CT molecular complexity index is 652. The van der Waals surface area contributed by atoms with Crippen LogP contribution in [0.4, 0.5) is 4.39 Å². The highest BCUT2D eigenvalue weighted by molar-refractivity contribution is 5.81. The molecule has 1 atom stereocenters. The average molecular weight is 289 g/mol. The molecule has 0 amide bonds. The molecule has 1 aliphatic rings. The number of benzene rings is 1. The Morgan fingerprint density at radius 3 is 3.00 bits per heavy atom. The molecule has 1 heterocycles. The van der Waals surface area contributed by atoms with Crippen LogP contribution in [0.5, 0.6) is 0 Å². The van der Waals surface area contributed by atoms with E-state index in [4.69, 9.17) is 4.74 Å². The minimum atomic E-state index is -0.747. The number of hydrogen-bond donors (Lipinski definition) is 0. The Kier molecular flexibility index (Phi) is 3.68. The van der Waals surface area contributed by atoms with Crippen molar-refractivity contribution in [1.29, 1.82) is 0 Å². The molecule has 0 N–H and O–H groups in total. The van der Waals surface area contributed by atoms with Crippen molar-refractivity contribution in [2.24, 2.45) is 0 Å². The number of hydrogen-bond acceptors (Lipinski definition) is 4. The third-order valence-electron chi connectivity index (χ3n) is 3.50. The van der Waals surface area contributed by atoms with Crippen molar-refractivity contribution in [1.82, 2.24) is 14.8 Å². The van der Waals surface area contributed by atoms with Crippen LogP contribution in [0, 0.1) is 5.82 Å². The summed E-state index contributed by atoms with van der Waals surface area (Å²) in [6.45, 7) is 2.01. The van der Waals surface area contributed by atoms with Crippen molar-refractivity contribution >= 4 is 5.97 Å². The molecule has 1 unspecified atom stereocenters. The van der Waals surface area contributed by atoms with E-state index in [2.05, 4.69) is 10.2 Å². The Balaban J connectivity index is 2.03. The number of ether oxygens (including phenoxy) is 1. The first-order valence-corrected chi connectivity index (χ1v) is 7.02. The summed E-state index contributed by atoms with van der Waals surface area (Å²) in [5.41, 5.74) is 0.531. The fourth-order valence-electron chi connectivity index (χ4n) is 2.39. The lowest BCUT2D eigenvalue weighted by atomic mass is 9.98. The zero-order valence-electron chi connectivity index (χ0n) is 11.7. The van der Waals surface area contributed by atoms with E-state index in [1.54, 1.807) is 25.4 Å². The van der Waals surface area contributed by atoms with Gasteiger partial charge in [0.25, 0.3) is 0 Å². The van der Waals surface area contributed by atoms with E-state index < -0.39 is 11.9 Å². The van der Waals surface area contributed by atoms with E-state index in [-0.39, 0.29) is 12.4 Å². The molecular formula is C15H16FN3O2. The first-order chi connectivity index (χ1) is 10.2. The van der Waals surface area contributed by atoms with Crippen molar-refractivity contribution in [2.45, 2.75) is 31.7 Å². The quantitative estimate of drug-likeness (QED) is 0.793. The molecular weight excluding hydrogens is 273 g/mol. The lowest BCUT2D eigenvalue weighted by Gasteiger charge is -2.16. The van der Waals surface area contributed by atoms with Crippen molar-refractivity contribution in [2.75, 3.05) is 6.61 Å². The summed E-state index contributed by atoms with van der Waals surface area (Å²) < 4.78 is 20.5. The van der Waals surface area contributed by atoms with E-state index >= 15 is 0 Å². The zero-order valence-corrected chi connectivity index (χ0v) is 11.7. The van der Waals surface area contributed by atoms with Gasteiger partial charge in [-0.15, -0.1) is 10.2 Å². The van der Waals surface area contributed by atoms with Crippen LogP contribution >= 0.6 is 0 Å². The topological polar surface area (TPSA) is 57.0 Å². The van der Waals surface area contributed by atoms with Crippen LogP contribution in [0.3, 0.4) is 0 Å². The fraction of sp³-hybridized carbons (Fsp3) is 0.400. The van der Waals surface area contributed by atoms with Gasteiger partial charge < -0.3 is 9.30 Å². The third-order valence-corrected chi connectivity index (χ3v) is 3.50. The predicted octanol–water partition coefficient (Wildman–Crippen LogP) is 2.45. The number of nitrogens with zero attached hydrogens (tertiary/aromatic N) is 3. The van der Waals surface area contributed by atoms with Crippen molar-refractivity contribution in [3.63, 3.8) is 0 Å². The Morgan fingerprint density at radius 2 is 2.33 bits per heavy atom. The van der Waals surface area contributed by atoms with Crippen LogP contribution in [0.1, 0.15) is 43.1 Å². The highest BCUT2D eigenvalue weighted by atomic mass is 19.1. The molecule has 1 saturated carbocycles. The molecule has 1 aromatic carbocycles. The van der Waals surface area contributed by atoms with Gasteiger partial charge in [0.2, 0.25) is 0 Å². The number of esters is 1. The lowest BCUT2D eigenvalue weighted by molar-refractivity contribution is -0.144. The molecule has 5 nitrogen and oxygen atoms in total. The zero-order chi connectivity index (χ0) is 14.8. The summed E-state index contributed by atoms with van der Waals surface area (Å²) in [6, 6.07) is 6.30. The minimum absolute atomic E-state index is 0.266. The van der Waals surface area contributed by atoms with Gasteiger partial charge in [-0.3, -0.25) is 4.79 Å². The summed E-state index contributed by atoms with van der Waals surface area (Å²) in [5, 5.41) is 7.98. The van der Waals surface area contributed by atoms with Crippen molar-refractivity contribution < 1.29 is 13.9 Å². The second-order valence-electron chi connectivity index (χ2n) is 5.07. The molecule has 0 radical (unpaired) electrons. The molecule has 1 aromatic heterocycles. The SMILES string of the molecule is CCOC(=O)C(c1cccc(F)c1)c1nncn1C1CC1. The molecule has 21 heavy (non-hydrogen) atoms. The Hall–Kier alpha value is -2.24. The molecule has 1 aliphatic carbocycles. The molecule has 0 spiro atoms. The van der Waals surface area contributed by atoms with Gasteiger partial charge in [-0.05, 0) is 37.5 Å². The second-order valence-corrected chi connectivity index (χ2v) is 5.07. The number of halogens is 1. The molecule has 1 fully saturated rings. The van der Waals surface area contributed by atoms with E-state index in [0.29, 0.717) is 17.4 Å². The van der Waals surface area contributed by atoms with Gasteiger partial charge >= 0.3 is 5.97 Å². The number of carbonyl (C=O) groups is 1. The van der Waals surface area contributed by atoms with Gasteiger partial charge in [-0.2, -0.15) is 0 Å². The van der Waals surface area contributed by atoms with Crippen LogP contribution in [0.15, 0.2) is 30.6 Å². The maximum absolute atomic E-state index is 13.5. The Morgan fingerprint density at radius 1 is 1.52 bits per heavy atom. The molecule has 110 valence electrons. The second kappa shape index (κ2) is 5.63. The maximum Gasteiger partial charge on any atom is 0.321 e. The van der Waals surface area contributed by atoms with Gasteiger partial charge in [0.15, 0.2) is 5.82 Å². The Labute approximate surface area is 121 Å². The number of rotatable bonds is 5. The predicted molar refractivity (Wildman–Crippen MR) is 73.2 cm³/mol. The average Bonchev–Trinajstić information content (AvgIpc) is 3.19. The highest BCUT2D eigenvalue weighted by Crippen LogP contribution is 2.38. The van der Waals surface area contributed by atoms with Crippen LogP contribution in [0.25, 0.3) is 0 Å². The van der Waals surface area contributed by atoms with Gasteiger partial charge in [-0.25, -0.2) is 4.39 Å². The number of carbonyl (C=O) groups excluding carboxylic acids is 1. The summed E-state index contributed by atoms with van der Waals surface area (Å²) in [4.78, 5) is 12.3. The monoisotopic (exact) mass is 289 g/mol. The molecule has 2 aromatic rings. The standard InChI is InChI=1S/C15H16FN3O2/c1-2-21-15(20)13(10-4-3-5-11(16)8-10)14-18-17-9-19(14)12-6-7-12/h3-5,8-9,12-13H,2,6-7H2,1H3. The van der Waals surface area contributed by atoms with E-state index in [9.17, 15) is 9.18 Å². The van der Waals surface area contributed by atoms with E-state index in [1.807, 2.05) is 4.57 Å². The van der Waals surface area contributed by atoms with Gasteiger partial charge in [0.1, 0.15) is 18.1 Å². The van der Waals surface area contributed by atoms with Crippen molar-refractivity contribution in [3.05, 3.63) is 47.8 Å². The minimum Gasteiger partial charge on any atom is -0.465 e. The maximum atomic E-state index is 13.5.